The van der Waals surface area contributed by atoms with Crippen LogP contribution in [0.5, 0.6) is 0 Å². The van der Waals surface area contributed by atoms with Gasteiger partial charge in [0.2, 0.25) is 5.91 Å². The normalized spacial score (nSPS) is 17.0. The van der Waals surface area contributed by atoms with Crippen LogP contribution >= 0.6 is 0 Å². The number of amides is 1. The van der Waals surface area contributed by atoms with Crippen LogP contribution in [-0.2, 0) is 16.1 Å². The predicted molar refractivity (Wildman–Crippen MR) is 88.9 cm³/mol. The number of carboxylic acids is 1. The zero-order chi connectivity index (χ0) is 17.0. The molecule has 1 aromatic rings. The molecule has 0 bridgehead atoms. The first-order valence-electron chi connectivity index (χ1n) is 8.09. The average molecular weight is 318 g/mol. The van der Waals surface area contributed by atoms with Gasteiger partial charge in [-0.3, -0.25) is 9.69 Å². The summed E-state index contributed by atoms with van der Waals surface area (Å²) in [7, 11) is 1.59. The second kappa shape index (κ2) is 7.13. The van der Waals surface area contributed by atoms with Gasteiger partial charge >= 0.3 is 5.97 Å². The summed E-state index contributed by atoms with van der Waals surface area (Å²) in [6.45, 7) is 5.77. The van der Waals surface area contributed by atoms with Crippen molar-refractivity contribution in [1.29, 1.82) is 0 Å². The van der Waals surface area contributed by atoms with Crippen LogP contribution in [0.2, 0.25) is 0 Å². The lowest BCUT2D eigenvalue weighted by Crippen LogP contribution is -2.53. The number of hydrogen-bond donors (Lipinski definition) is 1. The minimum absolute atomic E-state index is 0.0586. The number of carboxylic acid groups (broad SMARTS) is 1. The monoisotopic (exact) mass is 318 g/mol. The van der Waals surface area contributed by atoms with E-state index in [1.807, 2.05) is 18.2 Å². The molecule has 1 aliphatic rings. The number of hydrogen-bond acceptors (Lipinski definition) is 3. The number of aliphatic carboxylic acids is 1. The van der Waals surface area contributed by atoms with E-state index < -0.39 is 11.5 Å². The molecule has 1 aliphatic heterocycles. The minimum atomic E-state index is -1.17. The molecule has 1 amide bonds. The molecule has 0 spiro atoms. The van der Waals surface area contributed by atoms with Crippen molar-refractivity contribution in [2.24, 2.45) is 5.92 Å². The van der Waals surface area contributed by atoms with E-state index in [0.29, 0.717) is 0 Å². The molecule has 0 aromatic heterocycles. The highest BCUT2D eigenvalue weighted by molar-refractivity contribution is 5.87. The van der Waals surface area contributed by atoms with Gasteiger partial charge in [-0.05, 0) is 45.3 Å². The fourth-order valence-electron chi connectivity index (χ4n) is 2.87. The maximum Gasteiger partial charge on any atom is 0.329 e. The molecular weight excluding hydrogens is 292 g/mol. The molecule has 0 saturated carbocycles. The molecule has 0 aliphatic carbocycles. The Morgan fingerprint density at radius 1 is 1.22 bits per heavy atom. The van der Waals surface area contributed by atoms with E-state index in [4.69, 9.17) is 0 Å². The lowest BCUT2D eigenvalue weighted by atomic mass is 9.92. The van der Waals surface area contributed by atoms with Gasteiger partial charge in [-0.1, -0.05) is 30.3 Å². The summed E-state index contributed by atoms with van der Waals surface area (Å²) in [6, 6.07) is 10.3. The third-order valence-corrected chi connectivity index (χ3v) is 4.88. The van der Waals surface area contributed by atoms with Gasteiger partial charge in [0.1, 0.15) is 5.54 Å². The first-order valence-corrected chi connectivity index (χ1v) is 8.09. The molecule has 1 N–H and O–H groups in total. The SMILES string of the molecule is CN(C(=O)C1CCN(Cc2ccccc2)CC1)C(C)(C)C(=O)O. The summed E-state index contributed by atoms with van der Waals surface area (Å²) in [4.78, 5) is 27.6. The van der Waals surface area contributed by atoms with Crippen LogP contribution in [0.25, 0.3) is 0 Å². The molecule has 5 nitrogen and oxygen atoms in total. The van der Waals surface area contributed by atoms with Crippen LogP contribution in [-0.4, -0.2) is 52.5 Å². The summed E-state index contributed by atoms with van der Waals surface area (Å²) in [5, 5.41) is 9.26. The lowest BCUT2D eigenvalue weighted by molar-refractivity contribution is -0.157. The van der Waals surface area contributed by atoms with Crippen molar-refractivity contribution in [2.75, 3.05) is 20.1 Å². The minimum Gasteiger partial charge on any atom is -0.480 e. The molecule has 23 heavy (non-hydrogen) atoms. The van der Waals surface area contributed by atoms with Crippen molar-refractivity contribution in [2.45, 2.75) is 38.8 Å². The smallest absolute Gasteiger partial charge is 0.329 e. The maximum atomic E-state index is 12.6. The zero-order valence-electron chi connectivity index (χ0n) is 14.2. The Kier molecular flexibility index (Phi) is 5.42. The summed E-state index contributed by atoms with van der Waals surface area (Å²) in [5.41, 5.74) is 0.111. The van der Waals surface area contributed by atoms with Crippen molar-refractivity contribution in [1.82, 2.24) is 9.80 Å². The van der Waals surface area contributed by atoms with Crippen LogP contribution < -0.4 is 0 Å². The van der Waals surface area contributed by atoms with Crippen LogP contribution in [0.15, 0.2) is 30.3 Å². The van der Waals surface area contributed by atoms with Crippen LogP contribution in [0.4, 0.5) is 0 Å². The number of likely N-dealkylation sites (tertiary alicyclic amines) is 1. The number of likely N-dealkylation sites (N-methyl/N-ethyl adjacent to an activating group) is 1. The Morgan fingerprint density at radius 2 is 1.78 bits per heavy atom. The summed E-state index contributed by atoms with van der Waals surface area (Å²) in [6.07, 6.45) is 1.57. The lowest BCUT2D eigenvalue weighted by Gasteiger charge is -2.37. The van der Waals surface area contributed by atoms with Crippen molar-refractivity contribution in [3.8, 4) is 0 Å². The first kappa shape index (κ1) is 17.5. The fourth-order valence-corrected chi connectivity index (χ4v) is 2.87. The molecule has 1 aromatic carbocycles. The van der Waals surface area contributed by atoms with E-state index in [2.05, 4.69) is 17.0 Å². The van der Waals surface area contributed by atoms with Crippen molar-refractivity contribution in [3.63, 3.8) is 0 Å². The molecule has 5 heteroatoms. The second-order valence-corrected chi connectivity index (χ2v) is 6.80. The third-order valence-electron chi connectivity index (χ3n) is 4.88. The zero-order valence-corrected chi connectivity index (χ0v) is 14.2. The van der Waals surface area contributed by atoms with Crippen molar-refractivity contribution >= 4 is 11.9 Å². The highest BCUT2D eigenvalue weighted by Crippen LogP contribution is 2.24. The molecule has 2 rings (SSSR count). The Balaban J connectivity index is 1.89. The van der Waals surface area contributed by atoms with Gasteiger partial charge in [0.25, 0.3) is 0 Å². The van der Waals surface area contributed by atoms with E-state index in [-0.39, 0.29) is 11.8 Å². The Morgan fingerprint density at radius 3 is 2.30 bits per heavy atom. The topological polar surface area (TPSA) is 60.9 Å². The Hall–Kier alpha value is -1.88. The second-order valence-electron chi connectivity index (χ2n) is 6.80. The average Bonchev–Trinajstić information content (AvgIpc) is 2.55. The molecule has 1 saturated heterocycles. The van der Waals surface area contributed by atoms with Gasteiger partial charge in [-0.15, -0.1) is 0 Å². The Labute approximate surface area is 137 Å². The van der Waals surface area contributed by atoms with Gasteiger partial charge in [0, 0.05) is 19.5 Å². The Bertz CT molecular complexity index is 549. The van der Waals surface area contributed by atoms with E-state index in [9.17, 15) is 14.7 Å². The number of carbonyl (C=O) groups excluding carboxylic acids is 1. The van der Waals surface area contributed by atoms with Gasteiger partial charge in [0.15, 0.2) is 0 Å². The van der Waals surface area contributed by atoms with Gasteiger partial charge in [0.05, 0.1) is 0 Å². The number of rotatable bonds is 5. The van der Waals surface area contributed by atoms with E-state index in [0.717, 1.165) is 32.5 Å². The van der Waals surface area contributed by atoms with Gasteiger partial charge in [-0.2, -0.15) is 0 Å². The van der Waals surface area contributed by atoms with Crippen LogP contribution in [0.1, 0.15) is 32.3 Å². The first-order chi connectivity index (χ1) is 10.8. The molecule has 0 unspecified atom stereocenters. The van der Waals surface area contributed by atoms with Crippen molar-refractivity contribution < 1.29 is 14.7 Å². The number of nitrogens with zero attached hydrogens (tertiary/aromatic N) is 2. The summed E-state index contributed by atoms with van der Waals surface area (Å²) >= 11 is 0. The molecule has 1 fully saturated rings. The van der Waals surface area contributed by atoms with E-state index in [1.54, 1.807) is 20.9 Å². The molecule has 1 heterocycles. The number of carbonyl (C=O) groups is 2. The highest BCUT2D eigenvalue weighted by Gasteiger charge is 2.38. The largest absolute Gasteiger partial charge is 0.480 e. The standard InChI is InChI=1S/C18H26N2O3/c1-18(2,17(22)23)19(3)16(21)15-9-11-20(12-10-15)13-14-7-5-4-6-8-14/h4-8,15H,9-13H2,1-3H3,(H,22,23). The highest BCUT2D eigenvalue weighted by atomic mass is 16.4. The number of benzene rings is 1. The van der Waals surface area contributed by atoms with Gasteiger partial charge in [-0.25, -0.2) is 4.79 Å². The van der Waals surface area contributed by atoms with Crippen molar-refractivity contribution in [3.05, 3.63) is 35.9 Å². The summed E-state index contributed by atoms with van der Waals surface area (Å²) < 4.78 is 0. The number of piperidine rings is 1. The van der Waals surface area contributed by atoms with E-state index in [1.165, 1.54) is 10.5 Å². The molecule has 126 valence electrons. The molecule has 0 atom stereocenters. The summed E-state index contributed by atoms with van der Waals surface area (Å²) in [5.74, 6) is -1.11. The van der Waals surface area contributed by atoms with Gasteiger partial charge < -0.3 is 10.0 Å². The van der Waals surface area contributed by atoms with Crippen LogP contribution in [0.3, 0.4) is 0 Å². The third kappa shape index (κ3) is 4.10. The quantitative estimate of drug-likeness (QED) is 0.904. The fraction of sp³-hybridized carbons (Fsp3) is 0.556. The molecular formula is C18H26N2O3. The maximum absolute atomic E-state index is 12.6. The van der Waals surface area contributed by atoms with Crippen LogP contribution in [0, 0.1) is 5.92 Å². The molecule has 0 radical (unpaired) electrons. The predicted octanol–water partition coefficient (Wildman–Crippen LogP) is 2.22. The van der Waals surface area contributed by atoms with E-state index >= 15 is 0 Å².